The Morgan fingerprint density at radius 1 is 1.14 bits per heavy atom. The molecule has 1 heterocycles. The molecule has 4 rings (SSSR count). The number of ether oxygens (including phenoxy) is 2. The molecule has 0 atom stereocenters. The molecule has 2 aliphatic rings. The number of carbonyl (C=O) groups is 2. The second-order valence-corrected chi connectivity index (χ2v) is 10.5. The third-order valence-corrected chi connectivity index (χ3v) is 7.49. The average molecular weight is 527 g/mol. The number of hydrogen-bond donors (Lipinski definition) is 1. The molecule has 0 aromatic heterocycles. The molecule has 2 aromatic rings. The van der Waals surface area contributed by atoms with Gasteiger partial charge in [0.2, 0.25) is 5.91 Å². The van der Waals surface area contributed by atoms with Gasteiger partial charge in [-0.05, 0) is 48.7 Å². The highest BCUT2D eigenvalue weighted by Crippen LogP contribution is 2.29. The summed E-state index contributed by atoms with van der Waals surface area (Å²) in [7, 11) is -2.41. The summed E-state index contributed by atoms with van der Waals surface area (Å²) in [6.45, 7) is 1.42. The van der Waals surface area contributed by atoms with Gasteiger partial charge in [-0.15, -0.1) is 4.40 Å². The zero-order chi connectivity index (χ0) is 26.4. The van der Waals surface area contributed by atoms with Crippen LogP contribution in [0.5, 0.6) is 11.5 Å². The smallest absolute Gasteiger partial charge is 0.308 e. The van der Waals surface area contributed by atoms with Crippen LogP contribution >= 0.6 is 0 Å². The Kier molecular flexibility index (Phi) is 8.22. The molecule has 37 heavy (non-hydrogen) atoms. The molecule has 1 saturated carbocycles. The standard InChI is InChI=1S/C26H30N4O6S/c1-18(31)36-22-13-12-19(16-23(22)35-2)17-27-30(15-14-25(32)28-20-8-4-3-5-9-20)26-21-10-6-7-11-24(21)37(33,34)29-26/h6-7,10-13,16-17,20H,3-5,8-9,14-15H2,1-2H3,(H,28,32). The molecule has 0 saturated heterocycles. The third-order valence-electron chi connectivity index (χ3n) is 6.17. The van der Waals surface area contributed by atoms with E-state index in [1.54, 1.807) is 36.4 Å². The number of benzene rings is 2. The van der Waals surface area contributed by atoms with Crippen LogP contribution in [-0.4, -0.2) is 57.0 Å². The molecule has 2 aromatic carbocycles. The first-order valence-electron chi connectivity index (χ1n) is 12.2. The molecule has 0 spiro atoms. The third kappa shape index (κ3) is 6.53. The van der Waals surface area contributed by atoms with Gasteiger partial charge >= 0.3 is 5.97 Å². The Labute approximate surface area is 216 Å². The highest BCUT2D eigenvalue weighted by molar-refractivity contribution is 7.90. The molecular formula is C26H30N4O6S. The van der Waals surface area contributed by atoms with Crippen LogP contribution in [0.2, 0.25) is 0 Å². The number of fused-ring (bicyclic) bond motifs is 1. The van der Waals surface area contributed by atoms with E-state index in [9.17, 15) is 18.0 Å². The van der Waals surface area contributed by atoms with Gasteiger partial charge in [-0.2, -0.15) is 13.5 Å². The van der Waals surface area contributed by atoms with Gasteiger partial charge in [-0.3, -0.25) is 9.59 Å². The SMILES string of the molecule is COc1cc(C=NN(CCC(=O)NC2CCCCC2)C2=NS(=O)(=O)c3ccccc32)ccc1OC(C)=O. The van der Waals surface area contributed by atoms with E-state index in [-0.39, 0.29) is 41.4 Å². The predicted molar refractivity (Wildman–Crippen MR) is 138 cm³/mol. The van der Waals surface area contributed by atoms with Gasteiger partial charge in [-0.25, -0.2) is 5.01 Å². The zero-order valence-electron chi connectivity index (χ0n) is 20.8. The fraction of sp³-hybridized carbons (Fsp3) is 0.385. The number of amides is 1. The number of carbonyl (C=O) groups excluding carboxylic acids is 2. The Hall–Kier alpha value is -3.73. The van der Waals surface area contributed by atoms with Crippen molar-refractivity contribution in [2.75, 3.05) is 13.7 Å². The van der Waals surface area contributed by atoms with E-state index in [1.807, 2.05) is 0 Å². The Bertz CT molecular complexity index is 1330. The lowest BCUT2D eigenvalue weighted by Crippen LogP contribution is -2.38. The Morgan fingerprint density at radius 2 is 1.89 bits per heavy atom. The maximum Gasteiger partial charge on any atom is 0.308 e. The van der Waals surface area contributed by atoms with Crippen LogP contribution < -0.4 is 14.8 Å². The van der Waals surface area contributed by atoms with Gasteiger partial charge in [0.05, 0.1) is 19.9 Å². The van der Waals surface area contributed by atoms with Crippen LogP contribution in [0, 0.1) is 0 Å². The molecule has 1 N–H and O–H groups in total. The van der Waals surface area contributed by atoms with E-state index in [0.29, 0.717) is 16.9 Å². The van der Waals surface area contributed by atoms with Crippen molar-refractivity contribution in [2.24, 2.45) is 9.50 Å². The highest BCUT2D eigenvalue weighted by Gasteiger charge is 2.32. The summed E-state index contributed by atoms with van der Waals surface area (Å²) in [5.74, 6) is 0.166. The van der Waals surface area contributed by atoms with Gasteiger partial charge in [0.1, 0.15) is 4.90 Å². The predicted octanol–water partition coefficient (Wildman–Crippen LogP) is 3.24. The van der Waals surface area contributed by atoms with E-state index in [4.69, 9.17) is 9.47 Å². The summed E-state index contributed by atoms with van der Waals surface area (Å²) >= 11 is 0. The number of hydrazone groups is 1. The second kappa shape index (κ2) is 11.5. The van der Waals surface area contributed by atoms with E-state index < -0.39 is 16.0 Å². The van der Waals surface area contributed by atoms with Gasteiger partial charge in [-0.1, -0.05) is 31.4 Å². The molecule has 196 valence electrons. The van der Waals surface area contributed by atoms with Crippen LogP contribution in [0.15, 0.2) is 56.9 Å². The number of amidine groups is 1. The molecule has 0 bridgehead atoms. The molecule has 1 amide bonds. The minimum atomic E-state index is -3.87. The van der Waals surface area contributed by atoms with E-state index in [1.165, 1.54) is 37.7 Å². The van der Waals surface area contributed by atoms with Gasteiger partial charge in [0.15, 0.2) is 17.3 Å². The van der Waals surface area contributed by atoms with Gasteiger partial charge in [0.25, 0.3) is 10.0 Å². The molecule has 10 nitrogen and oxygen atoms in total. The summed E-state index contributed by atoms with van der Waals surface area (Å²) in [5.41, 5.74) is 1.04. The molecule has 1 fully saturated rings. The first-order valence-corrected chi connectivity index (χ1v) is 13.6. The van der Waals surface area contributed by atoms with Crippen molar-refractivity contribution in [3.8, 4) is 11.5 Å². The minimum absolute atomic E-state index is 0.101. The lowest BCUT2D eigenvalue weighted by atomic mass is 9.95. The fourth-order valence-electron chi connectivity index (χ4n) is 4.39. The number of esters is 1. The van der Waals surface area contributed by atoms with Crippen molar-refractivity contribution < 1.29 is 27.5 Å². The largest absolute Gasteiger partial charge is 0.493 e. The summed E-state index contributed by atoms with van der Waals surface area (Å²) in [5, 5.41) is 9.00. The van der Waals surface area contributed by atoms with Crippen molar-refractivity contribution in [1.82, 2.24) is 10.3 Å². The molecule has 0 radical (unpaired) electrons. The van der Waals surface area contributed by atoms with E-state index in [2.05, 4.69) is 14.8 Å². The number of rotatable bonds is 8. The highest BCUT2D eigenvalue weighted by atomic mass is 32.2. The van der Waals surface area contributed by atoms with Crippen molar-refractivity contribution in [3.63, 3.8) is 0 Å². The van der Waals surface area contributed by atoms with Gasteiger partial charge < -0.3 is 14.8 Å². The van der Waals surface area contributed by atoms with Crippen LogP contribution in [-0.2, 0) is 19.6 Å². The Morgan fingerprint density at radius 3 is 2.62 bits per heavy atom. The van der Waals surface area contributed by atoms with Crippen LogP contribution in [0.4, 0.5) is 0 Å². The number of methoxy groups -OCH3 is 1. The first kappa shape index (κ1) is 26.3. The van der Waals surface area contributed by atoms with E-state index >= 15 is 0 Å². The number of nitrogens with zero attached hydrogens (tertiary/aromatic N) is 3. The number of hydrogen-bond acceptors (Lipinski definition) is 8. The summed E-state index contributed by atoms with van der Waals surface area (Å²) < 4.78 is 39.7. The normalized spacial score (nSPS) is 16.6. The second-order valence-electron chi connectivity index (χ2n) is 8.91. The van der Waals surface area contributed by atoms with Crippen molar-refractivity contribution in [1.29, 1.82) is 0 Å². The number of sulfonamides is 1. The quantitative estimate of drug-likeness (QED) is 0.242. The van der Waals surface area contributed by atoms with E-state index in [0.717, 1.165) is 25.7 Å². The average Bonchev–Trinajstić information content (AvgIpc) is 3.15. The summed E-state index contributed by atoms with van der Waals surface area (Å²) in [6, 6.07) is 11.6. The van der Waals surface area contributed by atoms with Gasteiger partial charge in [0, 0.05) is 24.9 Å². The number of nitrogens with one attached hydrogen (secondary N) is 1. The molecule has 11 heteroatoms. The summed E-state index contributed by atoms with van der Waals surface area (Å²) in [6.07, 6.45) is 6.96. The lowest BCUT2D eigenvalue weighted by molar-refractivity contribution is -0.132. The first-order chi connectivity index (χ1) is 17.8. The lowest BCUT2D eigenvalue weighted by Gasteiger charge is -2.24. The molecule has 1 aliphatic heterocycles. The summed E-state index contributed by atoms with van der Waals surface area (Å²) in [4.78, 5) is 24.1. The van der Waals surface area contributed by atoms with Crippen molar-refractivity contribution in [3.05, 3.63) is 53.6 Å². The van der Waals surface area contributed by atoms with Crippen LogP contribution in [0.25, 0.3) is 0 Å². The monoisotopic (exact) mass is 526 g/mol. The fourth-order valence-corrected chi connectivity index (χ4v) is 5.59. The maximum absolute atomic E-state index is 12.7. The molecular weight excluding hydrogens is 496 g/mol. The maximum atomic E-state index is 12.7. The van der Waals surface area contributed by atoms with Crippen molar-refractivity contribution in [2.45, 2.75) is 56.4 Å². The molecule has 1 aliphatic carbocycles. The topological polar surface area (TPSA) is 127 Å². The van der Waals surface area contributed by atoms with Crippen molar-refractivity contribution >= 4 is 33.9 Å². The Balaban J connectivity index is 1.58. The van der Waals surface area contributed by atoms with Crippen LogP contribution in [0.3, 0.4) is 0 Å². The zero-order valence-corrected chi connectivity index (χ0v) is 21.7. The minimum Gasteiger partial charge on any atom is -0.493 e. The van der Waals surface area contributed by atoms with Crippen LogP contribution in [0.1, 0.15) is 56.6 Å². The molecule has 0 unspecified atom stereocenters.